The Morgan fingerprint density at radius 1 is 1.53 bits per heavy atom. The Kier molecular flexibility index (Phi) is 3.82. The van der Waals surface area contributed by atoms with Gasteiger partial charge in [-0.25, -0.2) is 0 Å². The van der Waals surface area contributed by atoms with E-state index in [9.17, 15) is 4.79 Å². The van der Waals surface area contributed by atoms with Crippen LogP contribution in [0.5, 0.6) is 0 Å². The Bertz CT molecular complexity index is 391. The summed E-state index contributed by atoms with van der Waals surface area (Å²) in [6.07, 6.45) is 6.36. The van der Waals surface area contributed by atoms with Crippen LogP contribution in [0.15, 0.2) is 6.20 Å². The smallest absolute Gasteiger partial charge is 0.223 e. The molecule has 1 aliphatic carbocycles. The highest BCUT2D eigenvalue weighted by molar-refractivity contribution is 5.78. The van der Waals surface area contributed by atoms with Gasteiger partial charge in [-0.2, -0.15) is 5.10 Å². The van der Waals surface area contributed by atoms with Crippen molar-refractivity contribution in [1.82, 2.24) is 15.1 Å². The Balaban J connectivity index is 1.88. The van der Waals surface area contributed by atoms with Crippen molar-refractivity contribution >= 4 is 5.91 Å². The summed E-state index contributed by atoms with van der Waals surface area (Å²) < 4.78 is 1.96. The van der Waals surface area contributed by atoms with Gasteiger partial charge < -0.3 is 5.32 Å². The van der Waals surface area contributed by atoms with E-state index in [2.05, 4.69) is 17.3 Å². The standard InChI is InChI=1S/C13H21N3O/c1-3-16-10(2)12(9-15-16)8-14-13(17)11-6-4-5-7-11/h9,11H,3-8H2,1-2H3,(H,14,17). The summed E-state index contributed by atoms with van der Waals surface area (Å²) in [4.78, 5) is 11.9. The van der Waals surface area contributed by atoms with Gasteiger partial charge in [0.25, 0.3) is 0 Å². The summed E-state index contributed by atoms with van der Waals surface area (Å²) in [6, 6.07) is 0. The maximum absolute atomic E-state index is 11.9. The summed E-state index contributed by atoms with van der Waals surface area (Å²) >= 11 is 0. The second-order valence-electron chi connectivity index (χ2n) is 4.77. The topological polar surface area (TPSA) is 46.9 Å². The van der Waals surface area contributed by atoms with E-state index in [-0.39, 0.29) is 11.8 Å². The van der Waals surface area contributed by atoms with Crippen molar-refractivity contribution in [2.45, 2.75) is 52.6 Å². The molecule has 4 nitrogen and oxygen atoms in total. The van der Waals surface area contributed by atoms with Gasteiger partial charge in [0.15, 0.2) is 0 Å². The van der Waals surface area contributed by atoms with Gasteiger partial charge >= 0.3 is 0 Å². The van der Waals surface area contributed by atoms with Crippen molar-refractivity contribution in [3.63, 3.8) is 0 Å². The van der Waals surface area contributed by atoms with E-state index >= 15 is 0 Å². The van der Waals surface area contributed by atoms with E-state index < -0.39 is 0 Å². The molecule has 1 aromatic heterocycles. The van der Waals surface area contributed by atoms with Crippen molar-refractivity contribution in [2.75, 3.05) is 0 Å². The molecule has 0 spiro atoms. The molecule has 0 bridgehead atoms. The largest absolute Gasteiger partial charge is 0.352 e. The average Bonchev–Trinajstić information content (AvgIpc) is 2.96. The third-order valence-corrected chi connectivity index (χ3v) is 3.68. The first kappa shape index (κ1) is 12.1. The number of aryl methyl sites for hydroxylation is 1. The number of carbonyl (C=O) groups excluding carboxylic acids is 1. The average molecular weight is 235 g/mol. The molecule has 1 aliphatic rings. The summed E-state index contributed by atoms with van der Waals surface area (Å²) in [6.45, 7) is 5.61. The van der Waals surface area contributed by atoms with Gasteiger partial charge in [0.05, 0.1) is 6.20 Å². The van der Waals surface area contributed by atoms with Crippen molar-refractivity contribution in [1.29, 1.82) is 0 Å². The van der Waals surface area contributed by atoms with Gasteiger partial charge in [-0.3, -0.25) is 9.48 Å². The number of rotatable bonds is 4. The third-order valence-electron chi connectivity index (χ3n) is 3.68. The zero-order chi connectivity index (χ0) is 12.3. The molecule has 0 aromatic carbocycles. The predicted octanol–water partition coefficient (Wildman–Crippen LogP) is 2.02. The highest BCUT2D eigenvalue weighted by Gasteiger charge is 2.22. The fourth-order valence-corrected chi connectivity index (χ4v) is 2.49. The van der Waals surface area contributed by atoms with Crippen molar-refractivity contribution < 1.29 is 4.79 Å². The van der Waals surface area contributed by atoms with Crippen LogP contribution >= 0.6 is 0 Å². The van der Waals surface area contributed by atoms with E-state index in [1.54, 1.807) is 0 Å². The Labute approximate surface area is 102 Å². The number of nitrogens with one attached hydrogen (secondary N) is 1. The zero-order valence-corrected chi connectivity index (χ0v) is 10.7. The maximum Gasteiger partial charge on any atom is 0.223 e. The Hall–Kier alpha value is -1.32. The van der Waals surface area contributed by atoms with E-state index in [1.165, 1.54) is 12.8 Å². The minimum Gasteiger partial charge on any atom is -0.352 e. The second-order valence-corrected chi connectivity index (χ2v) is 4.77. The van der Waals surface area contributed by atoms with Crippen LogP contribution in [0.4, 0.5) is 0 Å². The lowest BCUT2D eigenvalue weighted by molar-refractivity contribution is -0.124. The van der Waals surface area contributed by atoms with E-state index in [1.807, 2.05) is 17.8 Å². The van der Waals surface area contributed by atoms with E-state index in [4.69, 9.17) is 0 Å². The lowest BCUT2D eigenvalue weighted by Crippen LogP contribution is -2.28. The predicted molar refractivity (Wildman–Crippen MR) is 66.4 cm³/mol. The van der Waals surface area contributed by atoms with Gasteiger partial charge in [-0.05, 0) is 26.7 Å². The minimum absolute atomic E-state index is 0.214. The molecule has 0 atom stereocenters. The first-order chi connectivity index (χ1) is 8.22. The number of amides is 1. The molecule has 0 saturated heterocycles. The summed E-state index contributed by atoms with van der Waals surface area (Å²) in [5.74, 6) is 0.461. The molecule has 1 aromatic rings. The van der Waals surface area contributed by atoms with Crippen LogP contribution in [-0.4, -0.2) is 15.7 Å². The van der Waals surface area contributed by atoms with Gasteiger partial charge in [-0.15, -0.1) is 0 Å². The molecular weight excluding hydrogens is 214 g/mol. The summed E-state index contributed by atoms with van der Waals surface area (Å²) in [7, 11) is 0. The van der Waals surface area contributed by atoms with Crippen LogP contribution in [0.2, 0.25) is 0 Å². The minimum atomic E-state index is 0.214. The summed E-state index contributed by atoms with van der Waals surface area (Å²) in [5, 5.41) is 7.30. The van der Waals surface area contributed by atoms with Gasteiger partial charge in [0.1, 0.15) is 0 Å². The van der Waals surface area contributed by atoms with Crippen LogP contribution < -0.4 is 5.32 Å². The monoisotopic (exact) mass is 235 g/mol. The number of carbonyl (C=O) groups is 1. The second kappa shape index (κ2) is 5.34. The van der Waals surface area contributed by atoms with Gasteiger partial charge in [0.2, 0.25) is 5.91 Å². The first-order valence-corrected chi connectivity index (χ1v) is 6.51. The van der Waals surface area contributed by atoms with E-state index in [0.717, 1.165) is 30.6 Å². The van der Waals surface area contributed by atoms with Crippen LogP contribution in [0, 0.1) is 12.8 Å². The quantitative estimate of drug-likeness (QED) is 0.868. The molecule has 0 unspecified atom stereocenters. The molecule has 4 heteroatoms. The molecule has 1 N–H and O–H groups in total. The normalized spacial score (nSPS) is 16.4. The number of aromatic nitrogens is 2. The Morgan fingerprint density at radius 2 is 2.24 bits per heavy atom. The van der Waals surface area contributed by atoms with Crippen LogP contribution in [0.3, 0.4) is 0 Å². The molecule has 1 heterocycles. The molecule has 0 radical (unpaired) electrons. The molecule has 1 amide bonds. The number of hydrogen-bond donors (Lipinski definition) is 1. The molecule has 2 rings (SSSR count). The van der Waals surface area contributed by atoms with Crippen molar-refractivity contribution in [2.24, 2.45) is 5.92 Å². The van der Waals surface area contributed by atoms with Crippen LogP contribution in [0.1, 0.15) is 43.9 Å². The lowest BCUT2D eigenvalue weighted by Gasteiger charge is -2.10. The molecular formula is C13H21N3O. The fraction of sp³-hybridized carbons (Fsp3) is 0.692. The van der Waals surface area contributed by atoms with Crippen LogP contribution in [-0.2, 0) is 17.9 Å². The van der Waals surface area contributed by atoms with Crippen molar-refractivity contribution in [3.8, 4) is 0 Å². The maximum atomic E-state index is 11.9. The zero-order valence-electron chi connectivity index (χ0n) is 10.7. The highest BCUT2D eigenvalue weighted by atomic mass is 16.1. The van der Waals surface area contributed by atoms with Gasteiger partial charge in [0, 0.05) is 30.3 Å². The van der Waals surface area contributed by atoms with E-state index in [0.29, 0.717) is 6.54 Å². The molecule has 0 aliphatic heterocycles. The first-order valence-electron chi connectivity index (χ1n) is 6.51. The fourth-order valence-electron chi connectivity index (χ4n) is 2.49. The Morgan fingerprint density at radius 3 is 2.82 bits per heavy atom. The third kappa shape index (κ3) is 2.68. The summed E-state index contributed by atoms with van der Waals surface area (Å²) in [5.41, 5.74) is 2.28. The molecule has 94 valence electrons. The number of hydrogen-bond acceptors (Lipinski definition) is 2. The highest BCUT2D eigenvalue weighted by Crippen LogP contribution is 2.24. The SMILES string of the molecule is CCn1ncc(CNC(=O)C2CCCC2)c1C. The molecule has 17 heavy (non-hydrogen) atoms. The molecule has 1 saturated carbocycles. The van der Waals surface area contributed by atoms with Crippen LogP contribution in [0.25, 0.3) is 0 Å². The van der Waals surface area contributed by atoms with Gasteiger partial charge in [-0.1, -0.05) is 12.8 Å². The lowest BCUT2D eigenvalue weighted by atomic mass is 10.1. The molecule has 1 fully saturated rings. The van der Waals surface area contributed by atoms with Crippen molar-refractivity contribution in [3.05, 3.63) is 17.5 Å². The number of nitrogens with zero attached hydrogens (tertiary/aromatic N) is 2.